The summed E-state index contributed by atoms with van der Waals surface area (Å²) in [5.41, 5.74) is 0.843. The van der Waals surface area contributed by atoms with E-state index in [9.17, 15) is 14.9 Å². The highest BCUT2D eigenvalue weighted by Crippen LogP contribution is 2.05. The molecule has 18 heavy (non-hydrogen) atoms. The Morgan fingerprint density at radius 2 is 2.06 bits per heavy atom. The molecule has 0 N–H and O–H groups in total. The number of hydrogen-bond acceptors (Lipinski definition) is 5. The fourth-order valence-corrected chi connectivity index (χ4v) is 1.34. The highest BCUT2D eigenvalue weighted by atomic mass is 16.6. The van der Waals surface area contributed by atoms with Crippen LogP contribution in [0.5, 0.6) is 0 Å². The van der Waals surface area contributed by atoms with Crippen molar-refractivity contribution in [3.05, 3.63) is 46.0 Å². The number of esters is 1. The van der Waals surface area contributed by atoms with E-state index in [0.717, 1.165) is 5.56 Å². The molecule has 0 saturated heterocycles. The Morgan fingerprint density at radius 1 is 1.39 bits per heavy atom. The predicted molar refractivity (Wildman–Crippen MR) is 63.5 cm³/mol. The maximum Gasteiger partial charge on any atom is 0.342 e. The lowest BCUT2D eigenvalue weighted by atomic mass is 10.2. The summed E-state index contributed by atoms with van der Waals surface area (Å²) in [5.74, 6) is -0.704. The zero-order valence-electron chi connectivity index (χ0n) is 10.1. The fraction of sp³-hybridized carbons (Fsp3) is 0.417. The Labute approximate surface area is 105 Å². The standard InChI is InChI=1S/C12H15NO5/c1-2-17-12(14)11(8-13(15)16)18-9-10-6-4-3-5-7-10/h3-7,11H,2,8-9H2,1H3. The average Bonchev–Trinajstić information content (AvgIpc) is 2.35. The Morgan fingerprint density at radius 3 is 2.61 bits per heavy atom. The monoisotopic (exact) mass is 253 g/mol. The molecule has 1 aromatic rings. The summed E-state index contributed by atoms with van der Waals surface area (Å²) in [6.07, 6.45) is -1.17. The molecule has 0 fully saturated rings. The molecule has 0 aliphatic rings. The van der Waals surface area contributed by atoms with Gasteiger partial charge in [0.25, 0.3) is 0 Å². The number of carbonyl (C=O) groups excluding carboxylic acids is 1. The van der Waals surface area contributed by atoms with Crippen LogP contribution in [0, 0.1) is 10.1 Å². The Kier molecular flexibility index (Phi) is 5.79. The van der Waals surface area contributed by atoms with Gasteiger partial charge in [-0.2, -0.15) is 0 Å². The molecule has 1 aromatic carbocycles. The van der Waals surface area contributed by atoms with Crippen LogP contribution in [-0.4, -0.2) is 30.1 Å². The van der Waals surface area contributed by atoms with Crippen LogP contribution in [0.2, 0.25) is 0 Å². The van der Waals surface area contributed by atoms with Crippen LogP contribution in [0.1, 0.15) is 12.5 Å². The average molecular weight is 253 g/mol. The summed E-state index contributed by atoms with van der Waals surface area (Å²) in [5, 5.41) is 10.4. The van der Waals surface area contributed by atoms with Gasteiger partial charge in [-0.15, -0.1) is 0 Å². The molecule has 0 amide bonds. The molecule has 0 radical (unpaired) electrons. The van der Waals surface area contributed by atoms with Crippen LogP contribution < -0.4 is 0 Å². The summed E-state index contributed by atoms with van der Waals surface area (Å²) in [7, 11) is 0. The van der Waals surface area contributed by atoms with Gasteiger partial charge in [-0.3, -0.25) is 10.1 Å². The van der Waals surface area contributed by atoms with Crippen molar-refractivity contribution in [3.63, 3.8) is 0 Å². The third-order valence-electron chi connectivity index (χ3n) is 2.16. The molecule has 1 rings (SSSR count). The van der Waals surface area contributed by atoms with E-state index in [0.29, 0.717) is 0 Å². The first-order chi connectivity index (χ1) is 8.63. The summed E-state index contributed by atoms with van der Waals surface area (Å²) in [4.78, 5) is 21.3. The minimum atomic E-state index is -1.17. The van der Waals surface area contributed by atoms with Crippen molar-refractivity contribution in [2.24, 2.45) is 0 Å². The van der Waals surface area contributed by atoms with E-state index in [4.69, 9.17) is 9.47 Å². The third-order valence-corrected chi connectivity index (χ3v) is 2.16. The molecule has 6 nitrogen and oxygen atoms in total. The molecule has 0 aromatic heterocycles. The number of rotatable bonds is 7. The van der Waals surface area contributed by atoms with Crippen molar-refractivity contribution >= 4 is 5.97 Å². The molecule has 0 spiro atoms. The molecule has 0 saturated carbocycles. The van der Waals surface area contributed by atoms with Crippen molar-refractivity contribution in [1.29, 1.82) is 0 Å². The number of carbonyl (C=O) groups is 1. The number of nitrogens with zero attached hydrogens (tertiary/aromatic N) is 1. The van der Waals surface area contributed by atoms with Crippen molar-refractivity contribution in [3.8, 4) is 0 Å². The molecule has 6 heteroatoms. The topological polar surface area (TPSA) is 78.7 Å². The van der Waals surface area contributed by atoms with Crippen LogP contribution in [-0.2, 0) is 20.9 Å². The lowest BCUT2D eigenvalue weighted by molar-refractivity contribution is -0.489. The normalized spacial score (nSPS) is 11.8. The quantitative estimate of drug-likeness (QED) is 0.417. The highest BCUT2D eigenvalue weighted by Gasteiger charge is 2.26. The largest absolute Gasteiger partial charge is 0.464 e. The van der Waals surface area contributed by atoms with Gasteiger partial charge in [0, 0.05) is 4.92 Å². The Bertz CT molecular complexity index is 393. The first-order valence-corrected chi connectivity index (χ1v) is 5.57. The SMILES string of the molecule is CCOC(=O)C(C[N+](=O)[O-])OCc1ccccc1. The van der Waals surface area contributed by atoms with Crippen molar-refractivity contribution < 1.29 is 19.2 Å². The summed E-state index contributed by atoms with van der Waals surface area (Å²) >= 11 is 0. The third kappa shape index (κ3) is 4.92. The molecule has 1 atom stereocenters. The zero-order valence-corrected chi connectivity index (χ0v) is 10.1. The summed E-state index contributed by atoms with van der Waals surface area (Å²) in [6, 6.07) is 9.13. The predicted octanol–water partition coefficient (Wildman–Crippen LogP) is 1.41. The minimum absolute atomic E-state index is 0.137. The molecule has 98 valence electrons. The van der Waals surface area contributed by atoms with Gasteiger partial charge in [-0.1, -0.05) is 30.3 Å². The number of benzene rings is 1. The van der Waals surface area contributed by atoms with Crippen LogP contribution in [0.3, 0.4) is 0 Å². The molecule has 0 aliphatic carbocycles. The molecular weight excluding hydrogens is 238 g/mol. The van der Waals surface area contributed by atoms with E-state index in [-0.39, 0.29) is 13.2 Å². The molecular formula is C12H15NO5. The minimum Gasteiger partial charge on any atom is -0.464 e. The smallest absolute Gasteiger partial charge is 0.342 e. The van der Waals surface area contributed by atoms with Gasteiger partial charge in [0.2, 0.25) is 12.6 Å². The van der Waals surface area contributed by atoms with E-state index in [1.54, 1.807) is 6.92 Å². The van der Waals surface area contributed by atoms with Crippen LogP contribution in [0.15, 0.2) is 30.3 Å². The van der Waals surface area contributed by atoms with Crippen molar-refractivity contribution in [2.45, 2.75) is 19.6 Å². The second-order valence-electron chi connectivity index (χ2n) is 3.55. The van der Waals surface area contributed by atoms with Crippen LogP contribution in [0.25, 0.3) is 0 Å². The molecule has 0 bridgehead atoms. The lowest BCUT2D eigenvalue weighted by Crippen LogP contribution is -2.33. The number of nitro groups is 1. The number of hydrogen-bond donors (Lipinski definition) is 0. The maximum absolute atomic E-state index is 11.4. The number of ether oxygens (including phenoxy) is 2. The lowest BCUT2D eigenvalue weighted by Gasteiger charge is -2.12. The molecule has 0 aliphatic heterocycles. The van der Waals surface area contributed by atoms with E-state index in [1.165, 1.54) is 0 Å². The second kappa shape index (κ2) is 7.39. The maximum atomic E-state index is 11.4. The van der Waals surface area contributed by atoms with Crippen LogP contribution >= 0.6 is 0 Å². The Balaban J connectivity index is 2.55. The zero-order chi connectivity index (χ0) is 13.4. The second-order valence-corrected chi connectivity index (χ2v) is 3.55. The van der Waals surface area contributed by atoms with E-state index in [1.807, 2.05) is 30.3 Å². The molecule has 0 heterocycles. The van der Waals surface area contributed by atoms with Gasteiger partial charge < -0.3 is 9.47 Å². The fourth-order valence-electron chi connectivity index (χ4n) is 1.34. The highest BCUT2D eigenvalue weighted by molar-refractivity contribution is 5.74. The van der Waals surface area contributed by atoms with E-state index >= 15 is 0 Å². The first-order valence-electron chi connectivity index (χ1n) is 5.57. The van der Waals surface area contributed by atoms with Gasteiger partial charge in [0.1, 0.15) is 0 Å². The van der Waals surface area contributed by atoms with Gasteiger partial charge in [0.15, 0.2) is 0 Å². The van der Waals surface area contributed by atoms with Gasteiger partial charge in [0.05, 0.1) is 13.2 Å². The van der Waals surface area contributed by atoms with Gasteiger partial charge in [-0.25, -0.2) is 4.79 Å². The molecule has 1 unspecified atom stereocenters. The summed E-state index contributed by atoms with van der Waals surface area (Å²) < 4.78 is 9.96. The van der Waals surface area contributed by atoms with Gasteiger partial charge >= 0.3 is 5.97 Å². The summed E-state index contributed by atoms with van der Waals surface area (Å²) in [6.45, 7) is 1.35. The van der Waals surface area contributed by atoms with Crippen molar-refractivity contribution in [2.75, 3.05) is 13.2 Å². The van der Waals surface area contributed by atoms with Crippen molar-refractivity contribution in [1.82, 2.24) is 0 Å². The van der Waals surface area contributed by atoms with E-state index < -0.39 is 23.5 Å². The first kappa shape index (κ1) is 14.1. The van der Waals surface area contributed by atoms with E-state index in [2.05, 4.69) is 0 Å². The van der Waals surface area contributed by atoms with Crippen LogP contribution in [0.4, 0.5) is 0 Å². The Hall–Kier alpha value is -1.95. The van der Waals surface area contributed by atoms with Gasteiger partial charge in [-0.05, 0) is 12.5 Å².